The molecule has 2 N–H and O–H groups in total. The van der Waals surface area contributed by atoms with Crippen molar-refractivity contribution in [1.29, 1.82) is 0 Å². The largest absolute Gasteiger partial charge is 0.467 e. The molecule has 0 aliphatic carbocycles. The van der Waals surface area contributed by atoms with Gasteiger partial charge in [0.1, 0.15) is 12.0 Å². The highest BCUT2D eigenvalue weighted by molar-refractivity contribution is 5.94. The number of nitrogens with zero attached hydrogens (tertiary/aromatic N) is 1. The minimum absolute atomic E-state index is 0. The Hall–Kier alpha value is -1.04. The summed E-state index contributed by atoms with van der Waals surface area (Å²) in [6.07, 6.45) is 3.66. The summed E-state index contributed by atoms with van der Waals surface area (Å²) in [7, 11) is 0. The van der Waals surface area contributed by atoms with Crippen LogP contribution in [-0.2, 0) is 11.3 Å². The molecule has 1 aromatic rings. The predicted molar refractivity (Wildman–Crippen MR) is 79.0 cm³/mol. The molecule has 1 saturated heterocycles. The maximum absolute atomic E-state index is 12.3. The van der Waals surface area contributed by atoms with Crippen LogP contribution in [0.4, 0.5) is 0 Å². The second kappa shape index (κ2) is 8.29. The highest BCUT2D eigenvalue weighted by Gasteiger charge is 2.25. The third-order valence-corrected chi connectivity index (χ3v) is 3.47. The van der Waals surface area contributed by atoms with E-state index in [1.165, 1.54) is 6.26 Å². The van der Waals surface area contributed by atoms with Crippen molar-refractivity contribution < 1.29 is 13.9 Å². The standard InChI is InChI=1S/C14H22N2O3.ClH/c1-2-18-9-11-4-3-5-16(8-11)14(17)12-6-13(7-15)19-10-12;/h6,10-11H,2-5,7-9,15H2,1H3;1H. The average molecular weight is 303 g/mol. The fourth-order valence-electron chi connectivity index (χ4n) is 2.45. The van der Waals surface area contributed by atoms with Crippen molar-refractivity contribution >= 4 is 18.3 Å². The second-order valence-corrected chi connectivity index (χ2v) is 4.92. The SMILES string of the molecule is CCOCC1CCCN(C(=O)c2coc(CN)c2)C1.Cl. The minimum Gasteiger partial charge on any atom is -0.467 e. The molecule has 0 spiro atoms. The lowest BCUT2D eigenvalue weighted by molar-refractivity contribution is 0.0500. The zero-order valence-corrected chi connectivity index (χ0v) is 12.7. The lowest BCUT2D eigenvalue weighted by Crippen LogP contribution is -2.41. The Bertz CT molecular complexity index is 422. The molecule has 0 aromatic carbocycles. The minimum atomic E-state index is 0. The molecule has 1 fully saturated rings. The molecular weight excluding hydrogens is 280 g/mol. The van der Waals surface area contributed by atoms with E-state index in [0.717, 1.165) is 39.1 Å². The van der Waals surface area contributed by atoms with E-state index in [9.17, 15) is 4.79 Å². The molecule has 1 unspecified atom stereocenters. The van der Waals surface area contributed by atoms with Gasteiger partial charge in [-0.1, -0.05) is 0 Å². The number of piperidine rings is 1. The Morgan fingerprint density at radius 1 is 1.60 bits per heavy atom. The lowest BCUT2D eigenvalue weighted by Gasteiger charge is -2.32. The molecule has 6 heteroatoms. The van der Waals surface area contributed by atoms with Gasteiger partial charge < -0.3 is 19.8 Å². The third-order valence-electron chi connectivity index (χ3n) is 3.47. The van der Waals surface area contributed by atoms with Crippen molar-refractivity contribution in [2.75, 3.05) is 26.3 Å². The van der Waals surface area contributed by atoms with Crippen molar-refractivity contribution in [3.05, 3.63) is 23.7 Å². The molecule has 20 heavy (non-hydrogen) atoms. The van der Waals surface area contributed by atoms with E-state index < -0.39 is 0 Å². The van der Waals surface area contributed by atoms with Gasteiger partial charge in [0.05, 0.1) is 18.7 Å². The van der Waals surface area contributed by atoms with Gasteiger partial charge >= 0.3 is 0 Å². The maximum atomic E-state index is 12.3. The summed E-state index contributed by atoms with van der Waals surface area (Å²) in [6, 6.07) is 1.73. The fraction of sp³-hybridized carbons (Fsp3) is 0.643. The average Bonchev–Trinajstić information content (AvgIpc) is 2.93. The van der Waals surface area contributed by atoms with Crippen LogP contribution in [0.2, 0.25) is 0 Å². The van der Waals surface area contributed by atoms with Gasteiger partial charge in [0.15, 0.2) is 0 Å². The first-order valence-electron chi connectivity index (χ1n) is 6.89. The van der Waals surface area contributed by atoms with Crippen LogP contribution in [-0.4, -0.2) is 37.1 Å². The summed E-state index contributed by atoms with van der Waals surface area (Å²) < 4.78 is 10.7. The maximum Gasteiger partial charge on any atom is 0.257 e. The second-order valence-electron chi connectivity index (χ2n) is 4.92. The molecule has 0 bridgehead atoms. The van der Waals surface area contributed by atoms with Crippen molar-refractivity contribution in [3.8, 4) is 0 Å². The summed E-state index contributed by atoms with van der Waals surface area (Å²) in [6.45, 7) is 5.35. The van der Waals surface area contributed by atoms with Gasteiger partial charge in [-0.25, -0.2) is 0 Å². The number of amides is 1. The summed E-state index contributed by atoms with van der Waals surface area (Å²) >= 11 is 0. The Morgan fingerprint density at radius 3 is 3.05 bits per heavy atom. The van der Waals surface area contributed by atoms with Crippen LogP contribution in [0.15, 0.2) is 16.7 Å². The topological polar surface area (TPSA) is 68.7 Å². The van der Waals surface area contributed by atoms with Crippen LogP contribution in [0, 0.1) is 5.92 Å². The van der Waals surface area contributed by atoms with Crippen LogP contribution in [0.1, 0.15) is 35.9 Å². The van der Waals surface area contributed by atoms with E-state index in [1.54, 1.807) is 6.07 Å². The Labute approximate surface area is 125 Å². The van der Waals surface area contributed by atoms with Gasteiger partial charge in [0, 0.05) is 19.7 Å². The number of carbonyl (C=O) groups is 1. The first-order valence-corrected chi connectivity index (χ1v) is 6.89. The van der Waals surface area contributed by atoms with Gasteiger partial charge in [-0.3, -0.25) is 4.79 Å². The molecule has 2 heterocycles. The molecule has 5 nitrogen and oxygen atoms in total. The van der Waals surface area contributed by atoms with E-state index in [-0.39, 0.29) is 18.3 Å². The molecule has 0 radical (unpaired) electrons. The summed E-state index contributed by atoms with van der Waals surface area (Å²) in [5, 5.41) is 0. The van der Waals surface area contributed by atoms with Crippen molar-refractivity contribution in [2.45, 2.75) is 26.3 Å². The van der Waals surface area contributed by atoms with Crippen LogP contribution >= 0.6 is 12.4 Å². The van der Waals surface area contributed by atoms with Crippen molar-refractivity contribution in [1.82, 2.24) is 4.90 Å². The molecule has 1 aromatic heterocycles. The van der Waals surface area contributed by atoms with Crippen LogP contribution < -0.4 is 5.73 Å². The number of halogens is 1. The fourth-order valence-corrected chi connectivity index (χ4v) is 2.45. The quantitative estimate of drug-likeness (QED) is 0.904. The summed E-state index contributed by atoms with van der Waals surface area (Å²) in [5.41, 5.74) is 6.08. The third kappa shape index (κ3) is 4.23. The monoisotopic (exact) mass is 302 g/mol. The van der Waals surface area contributed by atoms with E-state index in [0.29, 0.717) is 23.8 Å². The van der Waals surface area contributed by atoms with Crippen molar-refractivity contribution in [3.63, 3.8) is 0 Å². The van der Waals surface area contributed by atoms with E-state index >= 15 is 0 Å². The number of hydrogen-bond donors (Lipinski definition) is 1. The van der Waals surface area contributed by atoms with Gasteiger partial charge in [-0.05, 0) is 31.7 Å². The predicted octanol–water partition coefficient (Wildman–Crippen LogP) is 2.05. The molecular formula is C14H23ClN2O3. The van der Waals surface area contributed by atoms with Gasteiger partial charge in [0.25, 0.3) is 5.91 Å². The number of furan rings is 1. The van der Waals surface area contributed by atoms with E-state index in [4.69, 9.17) is 14.9 Å². The number of hydrogen-bond acceptors (Lipinski definition) is 4. The number of likely N-dealkylation sites (tertiary alicyclic amines) is 1. The Kier molecular flexibility index (Phi) is 7.05. The molecule has 1 aliphatic heterocycles. The molecule has 114 valence electrons. The normalized spacial score (nSPS) is 18.7. The molecule has 2 rings (SSSR count). The zero-order chi connectivity index (χ0) is 13.7. The Balaban J connectivity index is 0.00000200. The first kappa shape index (κ1) is 17.0. The summed E-state index contributed by atoms with van der Waals surface area (Å²) in [4.78, 5) is 14.2. The van der Waals surface area contributed by atoms with Crippen molar-refractivity contribution in [2.24, 2.45) is 11.7 Å². The smallest absolute Gasteiger partial charge is 0.257 e. The molecule has 1 aliphatic rings. The highest BCUT2D eigenvalue weighted by atomic mass is 35.5. The molecule has 1 atom stereocenters. The van der Waals surface area contributed by atoms with Gasteiger partial charge in [0.2, 0.25) is 0 Å². The molecule has 1 amide bonds. The van der Waals surface area contributed by atoms with E-state index in [2.05, 4.69) is 0 Å². The highest BCUT2D eigenvalue weighted by Crippen LogP contribution is 2.19. The van der Waals surface area contributed by atoms with Crippen LogP contribution in [0.5, 0.6) is 0 Å². The number of ether oxygens (including phenoxy) is 1. The molecule has 0 saturated carbocycles. The number of nitrogens with two attached hydrogens (primary N) is 1. The Morgan fingerprint density at radius 2 is 2.40 bits per heavy atom. The van der Waals surface area contributed by atoms with Crippen LogP contribution in [0.3, 0.4) is 0 Å². The first-order chi connectivity index (χ1) is 9.24. The lowest BCUT2D eigenvalue weighted by atomic mass is 9.98. The number of carbonyl (C=O) groups excluding carboxylic acids is 1. The van der Waals surface area contributed by atoms with Crippen LogP contribution in [0.25, 0.3) is 0 Å². The number of rotatable bonds is 5. The van der Waals surface area contributed by atoms with E-state index in [1.807, 2.05) is 11.8 Å². The zero-order valence-electron chi connectivity index (χ0n) is 11.8. The van der Waals surface area contributed by atoms with Gasteiger partial charge in [-0.2, -0.15) is 0 Å². The summed E-state index contributed by atoms with van der Waals surface area (Å²) in [5.74, 6) is 1.12. The van der Waals surface area contributed by atoms with Gasteiger partial charge in [-0.15, -0.1) is 12.4 Å².